The van der Waals surface area contributed by atoms with Crippen LogP contribution in [-0.2, 0) is 0 Å². The molecule has 0 saturated carbocycles. The smallest absolute Gasteiger partial charge is 0.0186 e. The van der Waals surface area contributed by atoms with Crippen LogP contribution in [0.5, 0.6) is 0 Å². The average molecular weight is 316 g/mol. The third-order valence-electron chi connectivity index (χ3n) is 3.03. The monoisotopic (exact) mass is 315 g/mol. The standard InChI is InChI=1S/C14H22BrNS/c1-4-6-11(2)14(16-3)10-17-13-8-5-7-12(15)9-13/h5,7-9,11,14,16H,4,6,10H2,1-3H3. The van der Waals surface area contributed by atoms with Gasteiger partial charge in [-0.05, 0) is 37.6 Å². The van der Waals surface area contributed by atoms with Crippen LogP contribution in [0.2, 0.25) is 0 Å². The van der Waals surface area contributed by atoms with E-state index in [0.29, 0.717) is 6.04 Å². The van der Waals surface area contributed by atoms with Crippen molar-refractivity contribution in [2.24, 2.45) is 5.92 Å². The van der Waals surface area contributed by atoms with Crippen molar-refractivity contribution in [3.05, 3.63) is 28.7 Å². The third kappa shape index (κ3) is 5.45. The zero-order valence-corrected chi connectivity index (χ0v) is 13.3. The maximum absolute atomic E-state index is 3.51. The first-order valence-corrected chi connectivity index (χ1v) is 8.00. The predicted octanol–water partition coefficient (Wildman–Crippen LogP) is 4.57. The van der Waals surface area contributed by atoms with Crippen LogP contribution in [0, 0.1) is 5.92 Å². The van der Waals surface area contributed by atoms with Gasteiger partial charge in [0.05, 0.1) is 0 Å². The summed E-state index contributed by atoms with van der Waals surface area (Å²) >= 11 is 5.44. The highest BCUT2D eigenvalue weighted by atomic mass is 79.9. The molecule has 0 fully saturated rings. The Morgan fingerprint density at radius 3 is 2.76 bits per heavy atom. The lowest BCUT2D eigenvalue weighted by Gasteiger charge is -2.22. The average Bonchev–Trinajstić information content (AvgIpc) is 2.30. The molecule has 0 aliphatic carbocycles. The van der Waals surface area contributed by atoms with E-state index in [-0.39, 0.29) is 0 Å². The van der Waals surface area contributed by atoms with Crippen LogP contribution < -0.4 is 5.32 Å². The lowest BCUT2D eigenvalue weighted by molar-refractivity contribution is 0.403. The van der Waals surface area contributed by atoms with Gasteiger partial charge in [-0.15, -0.1) is 11.8 Å². The van der Waals surface area contributed by atoms with E-state index in [0.717, 1.165) is 16.1 Å². The summed E-state index contributed by atoms with van der Waals surface area (Å²) in [5.41, 5.74) is 0. The Kier molecular flexibility index (Phi) is 7.24. The molecule has 1 aromatic rings. The number of halogens is 1. The van der Waals surface area contributed by atoms with Gasteiger partial charge in [-0.3, -0.25) is 0 Å². The van der Waals surface area contributed by atoms with Gasteiger partial charge >= 0.3 is 0 Å². The molecule has 1 nitrogen and oxygen atoms in total. The molecule has 0 amide bonds. The van der Waals surface area contributed by atoms with E-state index in [1.807, 2.05) is 11.8 Å². The Labute approximate surface area is 118 Å². The van der Waals surface area contributed by atoms with Gasteiger partial charge in [0.25, 0.3) is 0 Å². The van der Waals surface area contributed by atoms with Crippen LogP contribution in [0.25, 0.3) is 0 Å². The highest BCUT2D eigenvalue weighted by Crippen LogP contribution is 2.24. The largest absolute Gasteiger partial charge is 0.316 e. The van der Waals surface area contributed by atoms with Crippen molar-refractivity contribution < 1.29 is 0 Å². The second kappa shape index (κ2) is 8.17. The Morgan fingerprint density at radius 1 is 1.41 bits per heavy atom. The van der Waals surface area contributed by atoms with E-state index in [9.17, 15) is 0 Å². The molecular formula is C14H22BrNS. The normalized spacial score (nSPS) is 14.6. The van der Waals surface area contributed by atoms with Crippen LogP contribution >= 0.6 is 27.7 Å². The van der Waals surface area contributed by atoms with E-state index in [4.69, 9.17) is 0 Å². The number of hydrogen-bond donors (Lipinski definition) is 1. The molecule has 2 atom stereocenters. The van der Waals surface area contributed by atoms with Crippen molar-refractivity contribution >= 4 is 27.7 Å². The van der Waals surface area contributed by atoms with Gasteiger partial charge in [-0.1, -0.05) is 42.3 Å². The molecule has 2 unspecified atom stereocenters. The summed E-state index contributed by atoms with van der Waals surface area (Å²) in [6.45, 7) is 4.59. The Balaban J connectivity index is 2.47. The first-order chi connectivity index (χ1) is 8.17. The van der Waals surface area contributed by atoms with Crippen LogP contribution in [0.4, 0.5) is 0 Å². The number of thioether (sulfide) groups is 1. The number of nitrogens with one attached hydrogen (secondary N) is 1. The molecule has 1 rings (SSSR count). The summed E-state index contributed by atoms with van der Waals surface area (Å²) in [5, 5.41) is 3.44. The molecule has 1 N–H and O–H groups in total. The molecule has 0 aromatic heterocycles. The molecule has 1 aromatic carbocycles. The van der Waals surface area contributed by atoms with Crippen molar-refractivity contribution in [1.82, 2.24) is 5.32 Å². The molecule has 96 valence electrons. The van der Waals surface area contributed by atoms with Crippen molar-refractivity contribution in [1.29, 1.82) is 0 Å². The second-order valence-electron chi connectivity index (χ2n) is 4.43. The van der Waals surface area contributed by atoms with Gasteiger partial charge in [0.15, 0.2) is 0 Å². The topological polar surface area (TPSA) is 12.0 Å². The van der Waals surface area contributed by atoms with E-state index >= 15 is 0 Å². The quantitative estimate of drug-likeness (QED) is 0.740. The summed E-state index contributed by atoms with van der Waals surface area (Å²) in [4.78, 5) is 1.34. The second-order valence-corrected chi connectivity index (χ2v) is 6.44. The van der Waals surface area contributed by atoms with Crippen LogP contribution in [0.3, 0.4) is 0 Å². The summed E-state index contributed by atoms with van der Waals surface area (Å²) in [5.74, 6) is 1.87. The van der Waals surface area contributed by atoms with Gasteiger partial charge < -0.3 is 5.32 Å². The van der Waals surface area contributed by atoms with Crippen molar-refractivity contribution in [3.63, 3.8) is 0 Å². The molecular weight excluding hydrogens is 294 g/mol. The fraction of sp³-hybridized carbons (Fsp3) is 0.571. The van der Waals surface area contributed by atoms with Gasteiger partial charge in [-0.25, -0.2) is 0 Å². The molecule has 0 saturated heterocycles. The molecule has 0 aliphatic heterocycles. The van der Waals surface area contributed by atoms with Gasteiger partial charge in [-0.2, -0.15) is 0 Å². The van der Waals surface area contributed by atoms with Gasteiger partial charge in [0.2, 0.25) is 0 Å². The highest BCUT2D eigenvalue weighted by Gasteiger charge is 2.14. The maximum Gasteiger partial charge on any atom is 0.0186 e. The summed E-state index contributed by atoms with van der Waals surface area (Å²) < 4.78 is 1.16. The zero-order valence-electron chi connectivity index (χ0n) is 10.9. The summed E-state index contributed by atoms with van der Waals surface area (Å²) in [7, 11) is 2.07. The van der Waals surface area contributed by atoms with Crippen LogP contribution in [0.1, 0.15) is 26.7 Å². The first kappa shape index (κ1) is 15.1. The number of hydrogen-bond acceptors (Lipinski definition) is 2. The molecule has 3 heteroatoms. The Morgan fingerprint density at radius 2 is 2.18 bits per heavy atom. The van der Waals surface area contributed by atoms with Crippen molar-refractivity contribution in [3.8, 4) is 0 Å². The lowest BCUT2D eigenvalue weighted by Crippen LogP contribution is -2.34. The molecule has 0 bridgehead atoms. The zero-order chi connectivity index (χ0) is 12.7. The molecule has 17 heavy (non-hydrogen) atoms. The Bertz CT molecular complexity index is 330. The number of benzene rings is 1. The van der Waals surface area contributed by atoms with E-state index in [1.165, 1.54) is 17.7 Å². The minimum Gasteiger partial charge on any atom is -0.316 e. The Hall–Kier alpha value is 0.01000. The first-order valence-electron chi connectivity index (χ1n) is 6.23. The van der Waals surface area contributed by atoms with Crippen molar-refractivity contribution in [2.45, 2.75) is 37.6 Å². The van der Waals surface area contributed by atoms with Crippen LogP contribution in [0.15, 0.2) is 33.6 Å². The van der Waals surface area contributed by atoms with E-state index in [2.05, 4.69) is 66.4 Å². The minimum atomic E-state index is 0.596. The molecule has 0 radical (unpaired) electrons. The fourth-order valence-electron chi connectivity index (χ4n) is 1.93. The van der Waals surface area contributed by atoms with Crippen molar-refractivity contribution in [2.75, 3.05) is 12.8 Å². The van der Waals surface area contributed by atoms with E-state index < -0.39 is 0 Å². The summed E-state index contributed by atoms with van der Waals surface area (Å²) in [6, 6.07) is 9.11. The molecule has 0 spiro atoms. The van der Waals surface area contributed by atoms with Gasteiger partial charge in [0.1, 0.15) is 0 Å². The van der Waals surface area contributed by atoms with Crippen LogP contribution in [-0.4, -0.2) is 18.8 Å². The van der Waals surface area contributed by atoms with Gasteiger partial charge in [0, 0.05) is 21.2 Å². The minimum absolute atomic E-state index is 0.596. The van der Waals surface area contributed by atoms with E-state index in [1.54, 1.807) is 0 Å². The SMILES string of the molecule is CCCC(C)C(CSc1cccc(Br)c1)NC. The number of rotatable bonds is 7. The third-order valence-corrected chi connectivity index (χ3v) is 4.63. The molecule has 0 aliphatic rings. The fourth-order valence-corrected chi connectivity index (χ4v) is 3.73. The maximum atomic E-state index is 3.51. The lowest BCUT2D eigenvalue weighted by atomic mass is 9.98. The highest BCUT2D eigenvalue weighted by molar-refractivity contribution is 9.10. The predicted molar refractivity (Wildman–Crippen MR) is 81.8 cm³/mol. The summed E-state index contributed by atoms with van der Waals surface area (Å²) in [6.07, 6.45) is 2.56. The molecule has 0 heterocycles.